The topological polar surface area (TPSA) is 63.2 Å². The smallest absolute Gasteiger partial charge is 0.315 e. The lowest BCUT2D eigenvalue weighted by Gasteiger charge is -2.09. The van der Waals surface area contributed by atoms with E-state index in [4.69, 9.17) is 11.2 Å². The third kappa shape index (κ3) is 4.43. The molecule has 0 aliphatic rings. The number of carbonyl (C=O) groups excluding carboxylic acids is 1. The molecule has 1 aromatic rings. The molecule has 2 N–H and O–H groups in total. The van der Waals surface area contributed by atoms with Gasteiger partial charge in [-0.15, -0.1) is 6.42 Å². The van der Waals surface area contributed by atoms with Gasteiger partial charge in [-0.1, -0.05) is 12.0 Å². The summed E-state index contributed by atoms with van der Waals surface area (Å²) in [4.78, 5) is 15.3. The first-order chi connectivity index (χ1) is 8.27. The van der Waals surface area contributed by atoms with E-state index in [0.717, 1.165) is 5.56 Å². The van der Waals surface area contributed by atoms with Crippen LogP contribution in [0.25, 0.3) is 0 Å². The monoisotopic (exact) mass is 233 g/mol. The van der Waals surface area contributed by atoms with Gasteiger partial charge in [0.15, 0.2) is 0 Å². The Labute approximate surface area is 101 Å². The van der Waals surface area contributed by atoms with E-state index in [0.29, 0.717) is 19.0 Å². The lowest BCUT2D eigenvalue weighted by molar-refractivity contribution is 0.241. The molecule has 0 aliphatic carbocycles. The van der Waals surface area contributed by atoms with E-state index in [1.54, 1.807) is 12.3 Å². The number of urea groups is 1. The number of terminal acetylenes is 1. The molecule has 5 nitrogen and oxygen atoms in total. The Morgan fingerprint density at radius 2 is 2.41 bits per heavy atom. The van der Waals surface area contributed by atoms with Crippen molar-refractivity contribution in [2.75, 3.05) is 13.2 Å². The zero-order valence-corrected chi connectivity index (χ0v) is 9.69. The average molecular weight is 233 g/mol. The van der Waals surface area contributed by atoms with Gasteiger partial charge in [-0.3, -0.25) is 0 Å². The molecule has 5 heteroatoms. The minimum absolute atomic E-state index is 0.206. The fourth-order valence-corrected chi connectivity index (χ4v) is 1.19. The van der Waals surface area contributed by atoms with Gasteiger partial charge < -0.3 is 15.4 Å². The molecule has 17 heavy (non-hydrogen) atoms. The van der Waals surface area contributed by atoms with Crippen LogP contribution in [0.2, 0.25) is 0 Å². The molecule has 0 radical (unpaired) electrons. The Balaban J connectivity index is 2.51. The number of nitrogens with zero attached hydrogens (tertiary/aromatic N) is 1. The third-order valence-electron chi connectivity index (χ3n) is 1.92. The highest BCUT2D eigenvalue weighted by Gasteiger charge is 2.05. The maximum absolute atomic E-state index is 11.3. The van der Waals surface area contributed by atoms with Crippen molar-refractivity contribution in [1.29, 1.82) is 0 Å². The summed E-state index contributed by atoms with van der Waals surface area (Å²) in [6, 6.07) is 3.33. The number of amides is 2. The van der Waals surface area contributed by atoms with Gasteiger partial charge in [-0.05, 0) is 13.0 Å². The number of hydrogen-bond donors (Lipinski definition) is 2. The second-order valence-electron chi connectivity index (χ2n) is 3.14. The van der Waals surface area contributed by atoms with Gasteiger partial charge in [-0.25, -0.2) is 9.78 Å². The highest BCUT2D eigenvalue weighted by Crippen LogP contribution is 2.13. The van der Waals surface area contributed by atoms with Crippen LogP contribution in [0, 0.1) is 12.3 Å². The largest absolute Gasteiger partial charge is 0.478 e. The van der Waals surface area contributed by atoms with E-state index in [9.17, 15) is 4.79 Å². The van der Waals surface area contributed by atoms with Gasteiger partial charge in [0.25, 0.3) is 0 Å². The molecular weight excluding hydrogens is 218 g/mol. The third-order valence-corrected chi connectivity index (χ3v) is 1.92. The van der Waals surface area contributed by atoms with Crippen LogP contribution in [0.5, 0.6) is 5.88 Å². The summed E-state index contributed by atoms with van der Waals surface area (Å²) in [7, 11) is 0. The summed E-state index contributed by atoms with van der Waals surface area (Å²) >= 11 is 0. The molecule has 0 saturated carbocycles. The molecular formula is C12H15N3O2. The number of rotatable bonds is 5. The van der Waals surface area contributed by atoms with Crippen LogP contribution in [-0.4, -0.2) is 24.2 Å². The van der Waals surface area contributed by atoms with Crippen LogP contribution < -0.4 is 15.4 Å². The number of carbonyl (C=O) groups is 1. The summed E-state index contributed by atoms with van der Waals surface area (Å²) in [6.45, 7) is 2.97. The van der Waals surface area contributed by atoms with Crippen molar-refractivity contribution >= 4 is 6.03 Å². The summed E-state index contributed by atoms with van der Waals surface area (Å²) in [5.74, 6) is 2.85. The van der Waals surface area contributed by atoms with Crippen molar-refractivity contribution in [3.8, 4) is 18.2 Å². The van der Waals surface area contributed by atoms with E-state index in [1.807, 2.05) is 13.0 Å². The standard InChI is InChI=1S/C12H15N3O2/c1-3-7-14-12(16)15-9-10-6-5-8-13-11(10)17-4-2/h1,5-6,8H,4,7,9H2,2H3,(H2,14,15,16). The number of aromatic nitrogens is 1. The zero-order chi connectivity index (χ0) is 12.5. The Morgan fingerprint density at radius 1 is 1.59 bits per heavy atom. The molecule has 0 unspecified atom stereocenters. The van der Waals surface area contributed by atoms with Gasteiger partial charge in [0.1, 0.15) is 0 Å². The minimum atomic E-state index is -0.311. The molecule has 0 atom stereocenters. The normalized spacial score (nSPS) is 9.18. The van der Waals surface area contributed by atoms with Crippen LogP contribution >= 0.6 is 0 Å². The van der Waals surface area contributed by atoms with Crippen molar-refractivity contribution in [2.45, 2.75) is 13.5 Å². The van der Waals surface area contributed by atoms with Crippen molar-refractivity contribution in [3.05, 3.63) is 23.9 Å². The molecule has 2 amide bonds. The predicted octanol–water partition coefficient (Wildman–Crippen LogP) is 0.913. The first-order valence-electron chi connectivity index (χ1n) is 5.29. The second-order valence-corrected chi connectivity index (χ2v) is 3.14. The van der Waals surface area contributed by atoms with Gasteiger partial charge in [-0.2, -0.15) is 0 Å². The molecule has 1 rings (SSSR count). The molecule has 0 aliphatic heterocycles. The van der Waals surface area contributed by atoms with E-state index < -0.39 is 0 Å². The van der Waals surface area contributed by atoms with Crippen LogP contribution in [0.4, 0.5) is 4.79 Å². The second kappa shape index (κ2) is 7.12. The molecule has 1 aromatic heterocycles. The highest BCUT2D eigenvalue weighted by atomic mass is 16.5. The van der Waals surface area contributed by atoms with E-state index in [1.165, 1.54) is 0 Å². The average Bonchev–Trinajstić information content (AvgIpc) is 2.35. The molecule has 90 valence electrons. The molecule has 0 aromatic carbocycles. The molecule has 0 bridgehead atoms. The molecule has 1 heterocycles. The van der Waals surface area contributed by atoms with Gasteiger partial charge in [0, 0.05) is 18.3 Å². The van der Waals surface area contributed by atoms with Crippen LogP contribution in [0.1, 0.15) is 12.5 Å². The van der Waals surface area contributed by atoms with Crippen LogP contribution in [0.3, 0.4) is 0 Å². The fourth-order valence-electron chi connectivity index (χ4n) is 1.19. The van der Waals surface area contributed by atoms with Crippen LogP contribution in [0.15, 0.2) is 18.3 Å². The summed E-state index contributed by atoms with van der Waals surface area (Å²) in [5.41, 5.74) is 0.824. The lowest BCUT2D eigenvalue weighted by atomic mass is 10.2. The van der Waals surface area contributed by atoms with Gasteiger partial charge in [0.05, 0.1) is 13.2 Å². The fraction of sp³-hybridized carbons (Fsp3) is 0.333. The first-order valence-corrected chi connectivity index (χ1v) is 5.29. The Morgan fingerprint density at radius 3 is 3.12 bits per heavy atom. The van der Waals surface area contributed by atoms with Crippen LogP contribution in [-0.2, 0) is 6.54 Å². The SMILES string of the molecule is C#CCNC(=O)NCc1cccnc1OCC. The molecule has 0 saturated heterocycles. The predicted molar refractivity (Wildman–Crippen MR) is 64.5 cm³/mol. The van der Waals surface area contributed by atoms with Crippen molar-refractivity contribution < 1.29 is 9.53 Å². The van der Waals surface area contributed by atoms with E-state index in [2.05, 4.69) is 21.5 Å². The number of nitrogens with one attached hydrogen (secondary N) is 2. The van der Waals surface area contributed by atoms with Crippen molar-refractivity contribution in [1.82, 2.24) is 15.6 Å². The van der Waals surface area contributed by atoms with Crippen molar-refractivity contribution in [2.24, 2.45) is 0 Å². The molecule has 0 spiro atoms. The van der Waals surface area contributed by atoms with E-state index in [-0.39, 0.29) is 12.6 Å². The Hall–Kier alpha value is -2.22. The zero-order valence-electron chi connectivity index (χ0n) is 9.69. The van der Waals surface area contributed by atoms with Crippen molar-refractivity contribution in [3.63, 3.8) is 0 Å². The Bertz CT molecular complexity index is 412. The maximum Gasteiger partial charge on any atom is 0.315 e. The quantitative estimate of drug-likeness (QED) is 0.743. The number of pyridine rings is 1. The number of hydrogen-bond acceptors (Lipinski definition) is 3. The Kier molecular flexibility index (Phi) is 5.38. The lowest BCUT2D eigenvalue weighted by Crippen LogP contribution is -2.35. The summed E-state index contributed by atoms with van der Waals surface area (Å²) in [5, 5.41) is 5.17. The summed E-state index contributed by atoms with van der Waals surface area (Å²) in [6.07, 6.45) is 6.67. The number of ether oxygens (including phenoxy) is 1. The molecule has 0 fully saturated rings. The van der Waals surface area contributed by atoms with E-state index >= 15 is 0 Å². The highest BCUT2D eigenvalue weighted by molar-refractivity contribution is 5.74. The maximum atomic E-state index is 11.3. The minimum Gasteiger partial charge on any atom is -0.478 e. The van der Waals surface area contributed by atoms with Gasteiger partial charge in [0.2, 0.25) is 5.88 Å². The van der Waals surface area contributed by atoms with Gasteiger partial charge >= 0.3 is 6.03 Å². The summed E-state index contributed by atoms with van der Waals surface area (Å²) < 4.78 is 5.34. The first kappa shape index (κ1) is 12.8.